The maximum Gasteiger partial charge on any atom is 0.320 e. The summed E-state index contributed by atoms with van der Waals surface area (Å²) in [5, 5.41) is 8.38. The zero-order valence-electron chi connectivity index (χ0n) is 8.10. The van der Waals surface area contributed by atoms with Gasteiger partial charge in [-0.2, -0.15) is 0 Å². The first kappa shape index (κ1) is 12.1. The van der Waals surface area contributed by atoms with Crippen LogP contribution in [0.1, 0.15) is 5.56 Å². The van der Waals surface area contributed by atoms with Crippen molar-refractivity contribution >= 4 is 21.7 Å². The molecule has 0 aliphatic carbocycles. The predicted molar refractivity (Wildman–Crippen MR) is 57.7 cm³/mol. The molecule has 0 aliphatic heterocycles. The van der Waals surface area contributed by atoms with Crippen molar-refractivity contribution in [3.8, 4) is 5.92 Å². The molecular formula is C10H8NO4S. The zero-order chi connectivity index (χ0) is 12.2. The Balaban J connectivity index is 2.98. The maximum absolute atomic E-state index is 11.3. The Bertz CT molecular complexity index is 542. The SMILES string of the molecule is [C]#Cc1ccccc1NS(=O)(=O)CC(=O)O. The number of nitrogens with one attached hydrogen (secondary N) is 1. The van der Waals surface area contributed by atoms with Crippen LogP contribution in [0.15, 0.2) is 24.3 Å². The van der Waals surface area contributed by atoms with E-state index in [9.17, 15) is 13.2 Å². The van der Waals surface area contributed by atoms with Crippen molar-refractivity contribution < 1.29 is 18.3 Å². The van der Waals surface area contributed by atoms with Crippen molar-refractivity contribution in [3.05, 3.63) is 36.3 Å². The Labute approximate surface area is 93.2 Å². The van der Waals surface area contributed by atoms with Gasteiger partial charge in [-0.1, -0.05) is 18.1 Å². The van der Waals surface area contributed by atoms with E-state index in [2.05, 4.69) is 4.72 Å². The maximum atomic E-state index is 11.3. The minimum Gasteiger partial charge on any atom is -0.480 e. The van der Waals surface area contributed by atoms with Crippen LogP contribution in [-0.4, -0.2) is 25.2 Å². The first-order chi connectivity index (χ1) is 7.44. The molecule has 0 spiro atoms. The topological polar surface area (TPSA) is 83.5 Å². The van der Waals surface area contributed by atoms with Gasteiger partial charge in [0.25, 0.3) is 0 Å². The molecule has 6 heteroatoms. The molecule has 0 aliphatic rings. The van der Waals surface area contributed by atoms with Gasteiger partial charge in [-0.3, -0.25) is 9.52 Å². The quantitative estimate of drug-likeness (QED) is 0.746. The molecular weight excluding hydrogens is 230 g/mol. The molecule has 0 aromatic heterocycles. The smallest absolute Gasteiger partial charge is 0.320 e. The summed E-state index contributed by atoms with van der Waals surface area (Å²) in [4.78, 5) is 10.3. The molecule has 0 saturated heterocycles. The normalized spacial score (nSPS) is 10.4. The summed E-state index contributed by atoms with van der Waals surface area (Å²) in [5.41, 5.74) is 0.384. The van der Waals surface area contributed by atoms with E-state index in [1.54, 1.807) is 12.1 Å². The van der Waals surface area contributed by atoms with Gasteiger partial charge in [-0.15, -0.1) is 0 Å². The number of benzene rings is 1. The van der Waals surface area contributed by atoms with E-state index < -0.39 is 21.7 Å². The number of anilines is 1. The van der Waals surface area contributed by atoms with Crippen LogP contribution in [0.4, 0.5) is 5.69 Å². The second-order valence-electron chi connectivity index (χ2n) is 2.93. The van der Waals surface area contributed by atoms with E-state index in [-0.39, 0.29) is 11.3 Å². The van der Waals surface area contributed by atoms with Crippen LogP contribution in [0.2, 0.25) is 0 Å². The van der Waals surface area contributed by atoms with Gasteiger partial charge >= 0.3 is 5.97 Å². The predicted octanol–water partition coefficient (Wildman–Crippen LogP) is 0.451. The summed E-state index contributed by atoms with van der Waals surface area (Å²) in [7, 11) is -3.94. The van der Waals surface area contributed by atoms with Crippen LogP contribution in [0.5, 0.6) is 0 Å². The summed E-state index contributed by atoms with van der Waals surface area (Å²) in [5.74, 6) is -0.408. The number of hydrogen-bond acceptors (Lipinski definition) is 3. The van der Waals surface area contributed by atoms with Gasteiger partial charge in [0.2, 0.25) is 10.0 Å². The van der Waals surface area contributed by atoms with Crippen LogP contribution in [0.3, 0.4) is 0 Å². The van der Waals surface area contributed by atoms with Crippen molar-refractivity contribution in [2.24, 2.45) is 0 Å². The summed E-state index contributed by atoms with van der Waals surface area (Å²) in [6, 6.07) is 6.10. The average molecular weight is 238 g/mol. The van der Waals surface area contributed by atoms with E-state index in [1.165, 1.54) is 12.1 Å². The number of rotatable bonds is 4. The summed E-state index contributed by atoms with van der Waals surface area (Å²) < 4.78 is 24.7. The van der Waals surface area contributed by atoms with Crippen molar-refractivity contribution in [1.29, 1.82) is 0 Å². The first-order valence-corrected chi connectivity index (χ1v) is 5.84. The van der Waals surface area contributed by atoms with Gasteiger partial charge in [-0.05, 0) is 18.6 Å². The van der Waals surface area contributed by atoms with Crippen LogP contribution in [-0.2, 0) is 14.8 Å². The Hall–Kier alpha value is -2.00. The highest BCUT2D eigenvalue weighted by molar-refractivity contribution is 7.93. The number of carboxylic acid groups (broad SMARTS) is 1. The number of aliphatic carboxylic acids is 1. The minimum absolute atomic E-state index is 0.138. The summed E-state index contributed by atoms with van der Waals surface area (Å²) >= 11 is 0. The molecule has 83 valence electrons. The van der Waals surface area contributed by atoms with Gasteiger partial charge in [0.05, 0.1) is 5.69 Å². The second-order valence-corrected chi connectivity index (χ2v) is 4.65. The average Bonchev–Trinajstić information content (AvgIpc) is 2.15. The molecule has 0 amide bonds. The molecule has 2 N–H and O–H groups in total. The third-order valence-electron chi connectivity index (χ3n) is 1.64. The molecule has 0 unspecified atom stereocenters. The molecule has 0 fully saturated rings. The standard InChI is InChI=1S/C10H8NO4S/c1-2-8-5-3-4-6-9(8)11-16(14,15)7-10(12)13/h3-6,11H,7H2,(H,12,13). The van der Waals surface area contributed by atoms with Crippen LogP contribution >= 0.6 is 0 Å². The lowest BCUT2D eigenvalue weighted by atomic mass is 10.2. The molecule has 0 atom stereocenters. The van der Waals surface area contributed by atoms with Gasteiger partial charge in [0, 0.05) is 5.56 Å². The third kappa shape index (κ3) is 3.29. The van der Waals surface area contributed by atoms with Gasteiger partial charge in [0.1, 0.15) is 0 Å². The van der Waals surface area contributed by atoms with E-state index in [1.807, 2.05) is 5.92 Å². The zero-order valence-corrected chi connectivity index (χ0v) is 8.91. The number of carbonyl (C=O) groups is 1. The van der Waals surface area contributed by atoms with Gasteiger partial charge in [-0.25, -0.2) is 8.42 Å². The molecule has 1 aromatic rings. The van der Waals surface area contributed by atoms with Crippen molar-refractivity contribution in [2.45, 2.75) is 0 Å². The lowest BCUT2D eigenvalue weighted by Crippen LogP contribution is -2.22. The van der Waals surface area contributed by atoms with Crippen LogP contribution < -0.4 is 4.72 Å². The minimum atomic E-state index is -3.94. The number of hydrogen-bond donors (Lipinski definition) is 2. The highest BCUT2D eigenvalue weighted by Gasteiger charge is 2.16. The fourth-order valence-electron chi connectivity index (χ4n) is 1.05. The van der Waals surface area contributed by atoms with Gasteiger partial charge < -0.3 is 5.11 Å². The molecule has 0 heterocycles. The summed E-state index contributed by atoms with van der Waals surface area (Å²) in [6.07, 6.45) is 6.93. The number of sulfonamides is 1. The fraction of sp³-hybridized carbons (Fsp3) is 0.100. The molecule has 1 aromatic carbocycles. The Kier molecular flexibility index (Phi) is 3.53. The third-order valence-corrected chi connectivity index (χ3v) is 2.80. The van der Waals surface area contributed by atoms with E-state index in [4.69, 9.17) is 11.5 Å². The molecule has 16 heavy (non-hydrogen) atoms. The highest BCUT2D eigenvalue weighted by Crippen LogP contribution is 2.15. The van der Waals surface area contributed by atoms with E-state index in [0.29, 0.717) is 0 Å². The largest absolute Gasteiger partial charge is 0.480 e. The molecule has 1 rings (SSSR count). The monoisotopic (exact) mass is 238 g/mol. The molecule has 1 radical (unpaired) electrons. The van der Waals surface area contributed by atoms with Crippen molar-refractivity contribution in [1.82, 2.24) is 0 Å². The van der Waals surface area contributed by atoms with Crippen molar-refractivity contribution in [3.63, 3.8) is 0 Å². The van der Waals surface area contributed by atoms with Crippen LogP contribution in [0, 0.1) is 12.3 Å². The molecule has 0 bridgehead atoms. The van der Waals surface area contributed by atoms with Crippen LogP contribution in [0.25, 0.3) is 0 Å². The lowest BCUT2D eigenvalue weighted by molar-refractivity contribution is -0.134. The van der Waals surface area contributed by atoms with Crippen molar-refractivity contribution in [2.75, 3.05) is 10.5 Å². The van der Waals surface area contributed by atoms with E-state index in [0.717, 1.165) is 0 Å². The number of para-hydroxylation sites is 1. The number of carboxylic acids is 1. The fourth-order valence-corrected chi connectivity index (χ4v) is 1.96. The van der Waals surface area contributed by atoms with E-state index >= 15 is 0 Å². The van der Waals surface area contributed by atoms with Gasteiger partial charge in [0.15, 0.2) is 5.75 Å². The Morgan fingerprint density at radius 1 is 1.44 bits per heavy atom. The molecule has 5 nitrogen and oxygen atoms in total. The Morgan fingerprint density at radius 2 is 2.06 bits per heavy atom. The lowest BCUT2D eigenvalue weighted by Gasteiger charge is -2.07. The highest BCUT2D eigenvalue weighted by atomic mass is 32.2. The molecule has 0 saturated carbocycles. The summed E-state index contributed by atoms with van der Waals surface area (Å²) in [6.45, 7) is 0. The Morgan fingerprint density at radius 3 is 2.62 bits per heavy atom. The first-order valence-electron chi connectivity index (χ1n) is 4.18. The second kappa shape index (κ2) is 4.68.